The molecule has 1 aliphatic rings. The molecule has 4 nitrogen and oxygen atoms in total. The zero-order valence-electron chi connectivity index (χ0n) is 15.5. The molecule has 28 heavy (non-hydrogen) atoms. The number of nitrogens with zero attached hydrogens (tertiary/aromatic N) is 1. The summed E-state index contributed by atoms with van der Waals surface area (Å²) in [6.07, 6.45) is -4.32. The average Bonchev–Trinajstić information content (AvgIpc) is 2.69. The second-order valence-electron chi connectivity index (χ2n) is 6.89. The molecule has 1 heterocycles. The van der Waals surface area contributed by atoms with E-state index in [1.165, 1.54) is 4.90 Å². The summed E-state index contributed by atoms with van der Waals surface area (Å²) >= 11 is 0. The molecule has 2 aromatic carbocycles. The van der Waals surface area contributed by atoms with E-state index in [4.69, 9.17) is 0 Å². The van der Waals surface area contributed by atoms with E-state index in [0.717, 1.165) is 16.7 Å². The molecule has 2 aromatic rings. The fourth-order valence-corrected chi connectivity index (χ4v) is 3.35. The molecule has 1 amide bonds. The lowest BCUT2D eigenvalue weighted by atomic mass is 10.0. The highest BCUT2D eigenvalue weighted by Crippen LogP contribution is 2.25. The van der Waals surface area contributed by atoms with Gasteiger partial charge in [-0.3, -0.25) is 9.69 Å². The van der Waals surface area contributed by atoms with Gasteiger partial charge in [-0.2, -0.15) is 13.2 Å². The molecule has 0 spiro atoms. The van der Waals surface area contributed by atoms with Gasteiger partial charge in [-0.25, -0.2) is 0 Å². The average molecular weight is 391 g/mol. The first-order valence-electron chi connectivity index (χ1n) is 9.36. The third kappa shape index (κ3) is 5.56. The summed E-state index contributed by atoms with van der Waals surface area (Å²) in [4.78, 5) is 13.6. The van der Waals surface area contributed by atoms with Crippen LogP contribution in [0.2, 0.25) is 0 Å². The van der Waals surface area contributed by atoms with Crippen LogP contribution in [0.5, 0.6) is 0 Å². The standard InChI is InChI=1S/C21H24F3N3O/c22-21(23,24)19(27-12-10-25-11-13-27)15-26-20(28)14-16-6-8-18(9-7-16)17-4-2-1-3-5-17/h1-9,19,25H,10-15H2,(H,26,28). The fraction of sp³-hybridized carbons (Fsp3) is 0.381. The van der Waals surface area contributed by atoms with Crippen LogP contribution in [0.25, 0.3) is 11.1 Å². The summed E-state index contributed by atoms with van der Waals surface area (Å²) in [6.45, 7) is 1.26. The molecule has 2 N–H and O–H groups in total. The minimum atomic E-state index is -4.37. The van der Waals surface area contributed by atoms with Gasteiger partial charge in [-0.15, -0.1) is 0 Å². The molecule has 1 atom stereocenters. The number of hydrogen-bond donors (Lipinski definition) is 2. The van der Waals surface area contributed by atoms with Gasteiger partial charge in [0.2, 0.25) is 5.91 Å². The Morgan fingerprint density at radius 1 is 1.00 bits per heavy atom. The smallest absolute Gasteiger partial charge is 0.354 e. The van der Waals surface area contributed by atoms with E-state index in [9.17, 15) is 18.0 Å². The lowest BCUT2D eigenvalue weighted by Gasteiger charge is -2.35. The second kappa shape index (κ2) is 9.21. The van der Waals surface area contributed by atoms with E-state index in [1.54, 1.807) is 0 Å². The van der Waals surface area contributed by atoms with Crippen molar-refractivity contribution in [1.29, 1.82) is 0 Å². The number of alkyl halides is 3. The Kier molecular flexibility index (Phi) is 6.70. The molecule has 0 radical (unpaired) electrons. The van der Waals surface area contributed by atoms with Crippen molar-refractivity contribution in [2.75, 3.05) is 32.7 Å². The summed E-state index contributed by atoms with van der Waals surface area (Å²) in [5.41, 5.74) is 2.87. The van der Waals surface area contributed by atoms with Gasteiger partial charge in [-0.1, -0.05) is 54.6 Å². The van der Waals surface area contributed by atoms with Gasteiger partial charge in [0.25, 0.3) is 0 Å². The predicted molar refractivity (Wildman–Crippen MR) is 103 cm³/mol. The van der Waals surface area contributed by atoms with Crippen molar-refractivity contribution in [2.45, 2.75) is 18.6 Å². The molecule has 0 aromatic heterocycles. The summed E-state index contributed by atoms with van der Waals surface area (Å²) in [5.74, 6) is -0.406. The van der Waals surface area contributed by atoms with Crippen molar-refractivity contribution < 1.29 is 18.0 Å². The summed E-state index contributed by atoms with van der Waals surface area (Å²) in [6, 6.07) is 15.7. The molecular formula is C21H24F3N3O. The van der Waals surface area contributed by atoms with E-state index in [2.05, 4.69) is 10.6 Å². The molecule has 7 heteroatoms. The van der Waals surface area contributed by atoms with Gasteiger partial charge in [-0.05, 0) is 16.7 Å². The number of carbonyl (C=O) groups excluding carboxylic acids is 1. The van der Waals surface area contributed by atoms with Gasteiger partial charge in [0.15, 0.2) is 0 Å². The maximum atomic E-state index is 13.4. The molecule has 1 aliphatic heterocycles. The maximum Gasteiger partial charge on any atom is 0.405 e. The third-order valence-electron chi connectivity index (χ3n) is 4.89. The Morgan fingerprint density at radius 2 is 1.61 bits per heavy atom. The highest BCUT2D eigenvalue weighted by atomic mass is 19.4. The number of benzene rings is 2. The SMILES string of the molecule is O=C(Cc1ccc(-c2ccccc2)cc1)NCC(N1CCNCC1)C(F)(F)F. The first kappa shape index (κ1) is 20.4. The monoisotopic (exact) mass is 391 g/mol. The highest BCUT2D eigenvalue weighted by molar-refractivity contribution is 5.79. The molecule has 0 bridgehead atoms. The largest absolute Gasteiger partial charge is 0.405 e. The van der Waals surface area contributed by atoms with Crippen molar-refractivity contribution in [1.82, 2.24) is 15.5 Å². The molecule has 0 aliphatic carbocycles. The van der Waals surface area contributed by atoms with Crippen molar-refractivity contribution in [3.8, 4) is 11.1 Å². The minimum absolute atomic E-state index is 0.0567. The van der Waals surface area contributed by atoms with E-state index >= 15 is 0 Å². The number of halogens is 3. The van der Waals surface area contributed by atoms with Crippen LogP contribution in [0, 0.1) is 0 Å². The zero-order valence-corrected chi connectivity index (χ0v) is 15.5. The van der Waals surface area contributed by atoms with Gasteiger partial charge < -0.3 is 10.6 Å². The molecule has 1 fully saturated rings. The van der Waals surface area contributed by atoms with E-state index in [-0.39, 0.29) is 6.42 Å². The molecule has 1 unspecified atom stereocenters. The van der Waals surface area contributed by atoms with Crippen LogP contribution in [-0.2, 0) is 11.2 Å². The first-order valence-corrected chi connectivity index (χ1v) is 9.36. The van der Waals surface area contributed by atoms with Crippen LogP contribution < -0.4 is 10.6 Å². The van der Waals surface area contributed by atoms with Gasteiger partial charge >= 0.3 is 6.18 Å². The van der Waals surface area contributed by atoms with Crippen LogP contribution in [0.1, 0.15) is 5.56 Å². The lowest BCUT2D eigenvalue weighted by molar-refractivity contribution is -0.184. The van der Waals surface area contributed by atoms with E-state index < -0.39 is 24.7 Å². The Labute approximate surface area is 162 Å². The third-order valence-corrected chi connectivity index (χ3v) is 4.89. The van der Waals surface area contributed by atoms with E-state index in [0.29, 0.717) is 26.2 Å². The number of hydrogen-bond acceptors (Lipinski definition) is 3. The summed E-state index contributed by atoms with van der Waals surface area (Å²) in [5, 5.41) is 5.50. The molecule has 3 rings (SSSR count). The summed E-state index contributed by atoms with van der Waals surface area (Å²) in [7, 11) is 0. The van der Waals surface area contributed by atoms with Crippen molar-refractivity contribution >= 4 is 5.91 Å². The number of piperazine rings is 1. The van der Waals surface area contributed by atoms with Gasteiger partial charge in [0, 0.05) is 32.7 Å². The topological polar surface area (TPSA) is 44.4 Å². The molecule has 150 valence electrons. The maximum absolute atomic E-state index is 13.4. The van der Waals surface area contributed by atoms with Gasteiger partial charge in [0.05, 0.1) is 6.42 Å². The Balaban J connectivity index is 1.55. The number of amides is 1. The Morgan fingerprint density at radius 3 is 2.21 bits per heavy atom. The quantitative estimate of drug-likeness (QED) is 0.796. The molecule has 0 saturated carbocycles. The van der Waals surface area contributed by atoms with Crippen LogP contribution >= 0.6 is 0 Å². The van der Waals surface area contributed by atoms with E-state index in [1.807, 2.05) is 54.6 Å². The first-order chi connectivity index (χ1) is 13.4. The molecular weight excluding hydrogens is 367 g/mol. The van der Waals surface area contributed by atoms with Crippen LogP contribution in [0.4, 0.5) is 13.2 Å². The van der Waals surface area contributed by atoms with Crippen molar-refractivity contribution in [3.05, 3.63) is 60.2 Å². The highest BCUT2D eigenvalue weighted by Gasteiger charge is 2.43. The summed E-state index contributed by atoms with van der Waals surface area (Å²) < 4.78 is 40.1. The zero-order chi connectivity index (χ0) is 20.0. The molecule has 1 saturated heterocycles. The fourth-order valence-electron chi connectivity index (χ4n) is 3.35. The number of nitrogens with one attached hydrogen (secondary N) is 2. The number of carbonyl (C=O) groups is 1. The van der Waals surface area contributed by atoms with Crippen LogP contribution in [0.3, 0.4) is 0 Å². The normalized spacial score (nSPS) is 16.5. The Hall–Kier alpha value is -2.38. The Bertz CT molecular complexity index is 757. The number of rotatable bonds is 6. The minimum Gasteiger partial charge on any atom is -0.354 e. The van der Waals surface area contributed by atoms with Crippen molar-refractivity contribution in [2.24, 2.45) is 0 Å². The lowest BCUT2D eigenvalue weighted by Crippen LogP contribution is -2.57. The van der Waals surface area contributed by atoms with Crippen molar-refractivity contribution in [3.63, 3.8) is 0 Å². The second-order valence-corrected chi connectivity index (χ2v) is 6.89. The van der Waals surface area contributed by atoms with Gasteiger partial charge in [0.1, 0.15) is 6.04 Å². The predicted octanol–water partition coefficient (Wildman–Crippen LogP) is 2.85. The van der Waals surface area contributed by atoms with Crippen LogP contribution in [0.15, 0.2) is 54.6 Å². The van der Waals surface area contributed by atoms with Crippen LogP contribution in [-0.4, -0.2) is 55.7 Å².